The van der Waals surface area contributed by atoms with Crippen molar-refractivity contribution in [3.05, 3.63) is 16.3 Å². The first-order chi connectivity index (χ1) is 14.0. The van der Waals surface area contributed by atoms with E-state index < -0.39 is 0 Å². The van der Waals surface area contributed by atoms with Crippen LogP contribution in [0, 0.1) is 18.8 Å². The number of amides is 1. The Hall–Kier alpha value is -1.67. The van der Waals surface area contributed by atoms with Crippen LogP contribution in [0.3, 0.4) is 0 Å². The molecule has 1 aliphatic carbocycles. The summed E-state index contributed by atoms with van der Waals surface area (Å²) in [7, 11) is 0. The maximum Gasteiger partial charge on any atom is 0.233 e. The van der Waals surface area contributed by atoms with Crippen LogP contribution in [0.25, 0.3) is 15.9 Å². The molecule has 2 atom stereocenters. The maximum atomic E-state index is 12.7. The molecule has 6 nitrogen and oxygen atoms in total. The van der Waals surface area contributed by atoms with Gasteiger partial charge in [-0.2, -0.15) is 0 Å². The molecule has 0 bridgehead atoms. The van der Waals surface area contributed by atoms with Gasteiger partial charge in [0.1, 0.15) is 10.7 Å². The number of hydrogen-bond acceptors (Lipinski definition) is 6. The van der Waals surface area contributed by atoms with Crippen molar-refractivity contribution in [1.29, 1.82) is 0 Å². The van der Waals surface area contributed by atoms with Crippen molar-refractivity contribution in [3.8, 4) is 0 Å². The second-order valence-electron chi connectivity index (χ2n) is 8.71. The first-order valence-electron chi connectivity index (χ1n) is 10.6. The molecule has 2 aliphatic rings. The standard InChI is InChI=1S/C21H27N5OS2/c1-12-6-7-15-16(9-12)29-20-18(15)19-23-24-21(26(19)14(3)22-20)28-11-17(27)25-8-4-5-13(2)10-25/h12-13H,4-11H2,1-3H3/t12-,13+/m0/s1. The number of carbonyl (C=O) groups excluding carboxylic acids is 1. The number of rotatable bonds is 3. The molecule has 1 aliphatic heterocycles. The van der Waals surface area contributed by atoms with E-state index >= 15 is 0 Å². The van der Waals surface area contributed by atoms with Crippen LogP contribution >= 0.6 is 23.1 Å². The molecule has 5 rings (SSSR count). The fourth-order valence-electron chi connectivity index (χ4n) is 4.69. The molecule has 0 unspecified atom stereocenters. The summed E-state index contributed by atoms with van der Waals surface area (Å²) >= 11 is 3.30. The van der Waals surface area contributed by atoms with E-state index in [-0.39, 0.29) is 5.91 Å². The minimum Gasteiger partial charge on any atom is -0.342 e. The van der Waals surface area contributed by atoms with E-state index in [2.05, 4.69) is 24.0 Å². The largest absolute Gasteiger partial charge is 0.342 e. The number of thiophene rings is 1. The number of thioether (sulfide) groups is 1. The molecule has 29 heavy (non-hydrogen) atoms. The molecule has 3 aromatic heterocycles. The molecular formula is C21H27N5OS2. The number of nitrogens with zero attached hydrogens (tertiary/aromatic N) is 5. The summed E-state index contributed by atoms with van der Waals surface area (Å²) < 4.78 is 2.05. The van der Waals surface area contributed by atoms with Gasteiger partial charge < -0.3 is 4.90 Å². The summed E-state index contributed by atoms with van der Waals surface area (Å²) in [5, 5.41) is 10.9. The lowest BCUT2D eigenvalue weighted by Gasteiger charge is -2.30. The van der Waals surface area contributed by atoms with Gasteiger partial charge in [-0.25, -0.2) is 4.98 Å². The van der Waals surface area contributed by atoms with Gasteiger partial charge in [-0.3, -0.25) is 9.20 Å². The van der Waals surface area contributed by atoms with Gasteiger partial charge in [-0.05, 0) is 56.4 Å². The van der Waals surface area contributed by atoms with Crippen LogP contribution in [0.2, 0.25) is 0 Å². The van der Waals surface area contributed by atoms with Gasteiger partial charge in [-0.1, -0.05) is 25.6 Å². The van der Waals surface area contributed by atoms with Crippen molar-refractivity contribution in [3.63, 3.8) is 0 Å². The Morgan fingerprint density at radius 1 is 1.24 bits per heavy atom. The lowest BCUT2D eigenvalue weighted by molar-refractivity contribution is -0.130. The van der Waals surface area contributed by atoms with Crippen LogP contribution in [0.1, 0.15) is 49.4 Å². The molecule has 8 heteroatoms. The molecule has 1 amide bonds. The molecule has 1 fully saturated rings. The molecule has 1 saturated heterocycles. The second-order valence-corrected chi connectivity index (χ2v) is 10.7. The number of aryl methyl sites for hydroxylation is 2. The van der Waals surface area contributed by atoms with Crippen LogP contribution in [-0.2, 0) is 17.6 Å². The number of piperidine rings is 1. The monoisotopic (exact) mass is 429 g/mol. The van der Waals surface area contributed by atoms with Crippen LogP contribution in [0.4, 0.5) is 0 Å². The second kappa shape index (κ2) is 7.54. The van der Waals surface area contributed by atoms with Crippen molar-refractivity contribution < 1.29 is 4.79 Å². The highest BCUT2D eigenvalue weighted by atomic mass is 32.2. The van der Waals surface area contributed by atoms with Gasteiger partial charge in [0, 0.05) is 18.0 Å². The molecular weight excluding hydrogens is 402 g/mol. The zero-order valence-electron chi connectivity index (χ0n) is 17.3. The minimum absolute atomic E-state index is 0.201. The normalized spacial score (nSPS) is 22.4. The predicted octanol–water partition coefficient (Wildman–Crippen LogP) is 4.12. The third-order valence-electron chi connectivity index (χ3n) is 6.27. The topological polar surface area (TPSA) is 63.4 Å². The predicted molar refractivity (Wildman–Crippen MR) is 118 cm³/mol. The molecule has 0 N–H and O–H groups in total. The van der Waals surface area contributed by atoms with E-state index in [0.29, 0.717) is 11.7 Å². The average molecular weight is 430 g/mol. The van der Waals surface area contributed by atoms with E-state index in [1.54, 1.807) is 0 Å². The van der Waals surface area contributed by atoms with Gasteiger partial charge in [-0.15, -0.1) is 21.5 Å². The highest BCUT2D eigenvalue weighted by Crippen LogP contribution is 2.39. The number of likely N-dealkylation sites (tertiary alicyclic amines) is 1. The third kappa shape index (κ3) is 3.44. The molecule has 0 spiro atoms. The van der Waals surface area contributed by atoms with Crippen molar-refractivity contribution in [2.24, 2.45) is 11.8 Å². The molecule has 0 saturated carbocycles. The quantitative estimate of drug-likeness (QED) is 0.586. The lowest BCUT2D eigenvalue weighted by Crippen LogP contribution is -2.40. The lowest BCUT2D eigenvalue weighted by atomic mass is 9.89. The van der Waals surface area contributed by atoms with Gasteiger partial charge in [0.2, 0.25) is 5.91 Å². The van der Waals surface area contributed by atoms with E-state index in [1.165, 1.54) is 40.4 Å². The summed E-state index contributed by atoms with van der Waals surface area (Å²) in [6.45, 7) is 8.32. The van der Waals surface area contributed by atoms with Gasteiger partial charge >= 0.3 is 0 Å². The Labute approximate surface area is 179 Å². The van der Waals surface area contributed by atoms with Crippen LogP contribution in [0.5, 0.6) is 0 Å². The van der Waals surface area contributed by atoms with Gasteiger partial charge in [0.25, 0.3) is 0 Å². The number of hydrogen-bond donors (Lipinski definition) is 0. The van der Waals surface area contributed by atoms with E-state index in [9.17, 15) is 4.79 Å². The Morgan fingerprint density at radius 3 is 2.93 bits per heavy atom. The number of fused-ring (bicyclic) bond motifs is 5. The van der Waals surface area contributed by atoms with E-state index in [0.717, 1.165) is 59.7 Å². The zero-order valence-corrected chi connectivity index (χ0v) is 18.9. The fourth-order valence-corrected chi connectivity index (χ4v) is 7.00. The van der Waals surface area contributed by atoms with Gasteiger partial charge in [0.15, 0.2) is 10.8 Å². The first kappa shape index (κ1) is 19.3. The Kier molecular flexibility index (Phi) is 5.02. The maximum absolute atomic E-state index is 12.7. The average Bonchev–Trinajstić information content (AvgIpc) is 3.26. The van der Waals surface area contributed by atoms with Crippen LogP contribution in [0.15, 0.2) is 5.16 Å². The summed E-state index contributed by atoms with van der Waals surface area (Å²) in [5.74, 6) is 2.83. The van der Waals surface area contributed by atoms with Crippen LogP contribution in [-0.4, -0.2) is 49.2 Å². The summed E-state index contributed by atoms with van der Waals surface area (Å²) in [4.78, 5) is 22.1. The van der Waals surface area contributed by atoms with Crippen molar-refractivity contribution in [2.75, 3.05) is 18.8 Å². The Bertz CT molecular complexity index is 1090. The SMILES string of the molecule is Cc1nc2sc3c(c2c2nnc(SCC(=O)N4CCC[C@@H](C)C4)n12)CC[C@H](C)C3. The van der Waals surface area contributed by atoms with Crippen molar-refractivity contribution in [2.45, 2.75) is 58.0 Å². The Balaban J connectivity index is 1.45. The smallest absolute Gasteiger partial charge is 0.233 e. The third-order valence-corrected chi connectivity index (χ3v) is 8.33. The molecule has 3 aromatic rings. The summed E-state index contributed by atoms with van der Waals surface area (Å²) in [6.07, 6.45) is 5.78. The van der Waals surface area contributed by atoms with Crippen molar-refractivity contribution >= 4 is 44.9 Å². The van der Waals surface area contributed by atoms with E-state index in [4.69, 9.17) is 4.98 Å². The fraction of sp³-hybridized carbons (Fsp3) is 0.619. The number of aromatic nitrogens is 4. The van der Waals surface area contributed by atoms with Crippen LogP contribution < -0.4 is 0 Å². The zero-order chi connectivity index (χ0) is 20.1. The molecule has 154 valence electrons. The summed E-state index contributed by atoms with van der Waals surface area (Å²) in [5.41, 5.74) is 2.32. The van der Waals surface area contributed by atoms with Crippen molar-refractivity contribution in [1.82, 2.24) is 24.5 Å². The highest BCUT2D eigenvalue weighted by molar-refractivity contribution is 7.99. The highest BCUT2D eigenvalue weighted by Gasteiger charge is 2.26. The summed E-state index contributed by atoms with van der Waals surface area (Å²) in [6, 6.07) is 0. The molecule has 4 heterocycles. The van der Waals surface area contributed by atoms with Gasteiger partial charge in [0.05, 0.1) is 11.1 Å². The number of carbonyl (C=O) groups is 1. The minimum atomic E-state index is 0.201. The van der Waals surface area contributed by atoms with E-state index in [1.807, 2.05) is 27.6 Å². The molecule has 0 aromatic carbocycles. The Morgan fingerprint density at radius 2 is 2.10 bits per heavy atom. The first-order valence-corrected chi connectivity index (χ1v) is 12.4. The molecule has 0 radical (unpaired) electrons.